The molecule has 3 heterocycles. The fourth-order valence-electron chi connectivity index (χ4n) is 4.19. The van der Waals surface area contributed by atoms with Gasteiger partial charge in [0.2, 0.25) is 0 Å². The summed E-state index contributed by atoms with van der Waals surface area (Å²) in [5, 5.41) is 7.36. The third kappa shape index (κ3) is 4.91. The molecule has 1 saturated heterocycles. The summed E-state index contributed by atoms with van der Waals surface area (Å²) in [4.78, 5) is 20.5. The molecule has 1 aliphatic rings. The largest absolute Gasteiger partial charge is 0.356 e. The van der Waals surface area contributed by atoms with Crippen LogP contribution in [0, 0.1) is 12.3 Å². The molecule has 6 nitrogen and oxygen atoms in total. The summed E-state index contributed by atoms with van der Waals surface area (Å²) >= 11 is 0. The number of pyridine rings is 1. The molecule has 2 aromatic rings. The van der Waals surface area contributed by atoms with E-state index in [1.54, 1.807) is 4.68 Å². The molecule has 0 radical (unpaired) electrons. The van der Waals surface area contributed by atoms with E-state index in [2.05, 4.69) is 36.1 Å². The molecule has 3 rings (SSSR count). The highest BCUT2D eigenvalue weighted by Crippen LogP contribution is 2.35. The number of rotatable bonds is 5. The highest BCUT2D eigenvalue weighted by molar-refractivity contribution is 6.02. The summed E-state index contributed by atoms with van der Waals surface area (Å²) < 4.78 is 1.77. The molecule has 0 bridgehead atoms. The quantitative estimate of drug-likeness (QED) is 0.767. The first-order valence-corrected chi connectivity index (χ1v) is 10.9. The van der Waals surface area contributed by atoms with Gasteiger partial charge in [0.05, 0.1) is 11.8 Å². The number of allylic oxidation sites excluding steroid dienone is 2. The maximum Gasteiger partial charge on any atom is 0.259 e. The summed E-state index contributed by atoms with van der Waals surface area (Å²) in [6.07, 6.45) is 12.0. The van der Waals surface area contributed by atoms with Crippen molar-refractivity contribution in [3.63, 3.8) is 0 Å². The second-order valence-electron chi connectivity index (χ2n) is 9.15. The monoisotopic (exact) mass is 409 g/mol. The van der Waals surface area contributed by atoms with Crippen molar-refractivity contribution >= 4 is 11.7 Å². The average molecular weight is 410 g/mol. The standard InChI is InChI=1S/C24H35N5O/c1-7-9-17(2)27-23(30)21-18(3)20(19-14-26-28(6)16-19)15-25-22(21)29-12-8-10-24(4,5)11-13-29/h9,14-16H,7-8,10-13H2,1-6H3,(H,27,30)/b17-9+. The van der Waals surface area contributed by atoms with Crippen LogP contribution in [0.3, 0.4) is 0 Å². The van der Waals surface area contributed by atoms with Crippen LogP contribution in [0.15, 0.2) is 30.4 Å². The molecule has 0 unspecified atom stereocenters. The van der Waals surface area contributed by atoms with Gasteiger partial charge in [0, 0.05) is 49.4 Å². The molecule has 1 N–H and O–H groups in total. The van der Waals surface area contributed by atoms with Crippen LogP contribution < -0.4 is 10.2 Å². The van der Waals surface area contributed by atoms with E-state index in [4.69, 9.17) is 4.98 Å². The van der Waals surface area contributed by atoms with Crippen molar-refractivity contribution in [2.45, 2.75) is 60.3 Å². The summed E-state index contributed by atoms with van der Waals surface area (Å²) in [5.41, 5.74) is 4.72. The molecule has 0 aromatic carbocycles. The van der Waals surface area contributed by atoms with Crippen molar-refractivity contribution in [2.24, 2.45) is 12.5 Å². The van der Waals surface area contributed by atoms with E-state index < -0.39 is 0 Å². The summed E-state index contributed by atoms with van der Waals surface area (Å²) in [6.45, 7) is 12.5. The highest BCUT2D eigenvalue weighted by atomic mass is 16.1. The van der Waals surface area contributed by atoms with Gasteiger partial charge in [0.1, 0.15) is 5.82 Å². The predicted octanol–water partition coefficient (Wildman–Crippen LogP) is 4.85. The zero-order chi connectivity index (χ0) is 21.9. The van der Waals surface area contributed by atoms with Gasteiger partial charge in [-0.15, -0.1) is 0 Å². The first-order chi connectivity index (χ1) is 14.2. The van der Waals surface area contributed by atoms with Crippen molar-refractivity contribution in [3.8, 4) is 11.1 Å². The van der Waals surface area contributed by atoms with Gasteiger partial charge < -0.3 is 10.2 Å². The molecular weight excluding hydrogens is 374 g/mol. The Morgan fingerprint density at radius 1 is 1.27 bits per heavy atom. The molecule has 30 heavy (non-hydrogen) atoms. The number of nitrogens with zero attached hydrogens (tertiary/aromatic N) is 4. The Balaban J connectivity index is 2.06. The zero-order valence-corrected chi connectivity index (χ0v) is 19.2. The van der Waals surface area contributed by atoms with Crippen LogP contribution in [0.4, 0.5) is 5.82 Å². The second-order valence-corrected chi connectivity index (χ2v) is 9.15. The number of aryl methyl sites for hydroxylation is 1. The minimum atomic E-state index is -0.0913. The Hall–Kier alpha value is -2.63. The van der Waals surface area contributed by atoms with Crippen molar-refractivity contribution in [2.75, 3.05) is 18.0 Å². The third-order valence-corrected chi connectivity index (χ3v) is 6.02. The minimum Gasteiger partial charge on any atom is -0.356 e. The van der Waals surface area contributed by atoms with E-state index in [1.807, 2.05) is 45.6 Å². The van der Waals surface area contributed by atoms with Crippen molar-refractivity contribution in [3.05, 3.63) is 41.5 Å². The molecule has 6 heteroatoms. The van der Waals surface area contributed by atoms with Gasteiger partial charge in [-0.05, 0) is 50.5 Å². The third-order valence-electron chi connectivity index (χ3n) is 6.02. The van der Waals surface area contributed by atoms with Crippen LogP contribution in [-0.2, 0) is 7.05 Å². The molecule has 0 atom stereocenters. The van der Waals surface area contributed by atoms with E-state index in [-0.39, 0.29) is 5.91 Å². The van der Waals surface area contributed by atoms with Gasteiger partial charge >= 0.3 is 0 Å². The van der Waals surface area contributed by atoms with E-state index >= 15 is 0 Å². The Kier molecular flexibility index (Phi) is 6.64. The maximum atomic E-state index is 13.4. The lowest BCUT2D eigenvalue weighted by atomic mass is 9.85. The minimum absolute atomic E-state index is 0.0913. The highest BCUT2D eigenvalue weighted by Gasteiger charge is 2.28. The molecule has 1 aliphatic heterocycles. The molecule has 0 aliphatic carbocycles. The molecule has 162 valence electrons. The van der Waals surface area contributed by atoms with Crippen LogP contribution in [0.2, 0.25) is 0 Å². The van der Waals surface area contributed by atoms with Gasteiger partial charge in [0.15, 0.2) is 0 Å². The van der Waals surface area contributed by atoms with Crippen LogP contribution in [0.5, 0.6) is 0 Å². The topological polar surface area (TPSA) is 63.1 Å². The average Bonchev–Trinajstić information content (AvgIpc) is 3.01. The van der Waals surface area contributed by atoms with Crippen LogP contribution in [-0.4, -0.2) is 33.8 Å². The summed E-state index contributed by atoms with van der Waals surface area (Å²) in [5.74, 6) is 0.700. The number of hydrogen-bond acceptors (Lipinski definition) is 4. The lowest BCUT2D eigenvalue weighted by Crippen LogP contribution is -2.31. The number of amides is 1. The van der Waals surface area contributed by atoms with Crippen LogP contribution >= 0.6 is 0 Å². The normalized spacial score (nSPS) is 17.0. The number of anilines is 1. The Bertz CT molecular complexity index is 941. The number of carbonyl (C=O) groups excluding carboxylic acids is 1. The second kappa shape index (κ2) is 9.02. The van der Waals surface area contributed by atoms with E-state index in [1.165, 1.54) is 6.42 Å². The van der Waals surface area contributed by atoms with Crippen molar-refractivity contribution < 1.29 is 4.79 Å². The van der Waals surface area contributed by atoms with Crippen molar-refractivity contribution in [1.29, 1.82) is 0 Å². The Morgan fingerprint density at radius 2 is 2.03 bits per heavy atom. The number of carbonyl (C=O) groups is 1. The van der Waals surface area contributed by atoms with E-state index in [0.29, 0.717) is 11.0 Å². The molecule has 2 aromatic heterocycles. The molecule has 1 amide bonds. The molecule has 1 fully saturated rings. The number of hydrogen-bond donors (Lipinski definition) is 1. The SMILES string of the molecule is CC/C=C(\C)NC(=O)c1c(N2CCCC(C)(C)CC2)ncc(-c2cnn(C)c2)c1C. The number of nitrogens with one attached hydrogen (secondary N) is 1. The first-order valence-electron chi connectivity index (χ1n) is 10.9. The van der Waals surface area contributed by atoms with Crippen molar-refractivity contribution in [1.82, 2.24) is 20.1 Å². The lowest BCUT2D eigenvalue weighted by molar-refractivity contribution is 0.0965. The fraction of sp³-hybridized carbons (Fsp3) is 0.542. The predicted molar refractivity (Wildman–Crippen MR) is 123 cm³/mol. The first kappa shape index (κ1) is 22.1. The van der Waals surface area contributed by atoms with E-state index in [0.717, 1.165) is 60.6 Å². The summed E-state index contributed by atoms with van der Waals surface area (Å²) in [7, 11) is 1.89. The summed E-state index contributed by atoms with van der Waals surface area (Å²) in [6, 6.07) is 0. The van der Waals surface area contributed by atoms with E-state index in [9.17, 15) is 4.79 Å². The molecule has 0 spiro atoms. The maximum absolute atomic E-state index is 13.4. The van der Waals surface area contributed by atoms with Gasteiger partial charge in [-0.3, -0.25) is 9.48 Å². The molecular formula is C24H35N5O. The van der Waals surface area contributed by atoms with Gasteiger partial charge in [-0.25, -0.2) is 4.98 Å². The van der Waals surface area contributed by atoms with Crippen LogP contribution in [0.1, 0.15) is 69.3 Å². The van der Waals surface area contributed by atoms with Gasteiger partial charge in [-0.1, -0.05) is 26.8 Å². The fourth-order valence-corrected chi connectivity index (χ4v) is 4.19. The molecule has 0 saturated carbocycles. The smallest absolute Gasteiger partial charge is 0.259 e. The van der Waals surface area contributed by atoms with Gasteiger partial charge in [-0.2, -0.15) is 5.10 Å². The zero-order valence-electron chi connectivity index (χ0n) is 19.2. The Labute approximate surface area is 180 Å². The lowest BCUT2D eigenvalue weighted by Gasteiger charge is -2.27. The van der Waals surface area contributed by atoms with Gasteiger partial charge in [0.25, 0.3) is 5.91 Å². The number of aromatic nitrogens is 3. The Morgan fingerprint density at radius 3 is 2.70 bits per heavy atom. The van der Waals surface area contributed by atoms with Crippen LogP contribution in [0.25, 0.3) is 11.1 Å².